The Balaban J connectivity index is 1.93. The topological polar surface area (TPSA) is 75.6 Å². The molecule has 0 aliphatic carbocycles. The molecule has 1 aliphatic heterocycles. The summed E-state index contributed by atoms with van der Waals surface area (Å²) in [7, 11) is -2.94. The molecule has 5 nitrogen and oxygen atoms in total. The van der Waals surface area contributed by atoms with Crippen LogP contribution in [0.4, 0.5) is 0 Å². The second-order valence-corrected chi connectivity index (χ2v) is 8.23. The highest BCUT2D eigenvalue weighted by Gasteiger charge is 2.29. The third-order valence-electron chi connectivity index (χ3n) is 4.07. The molecular formula is C16H22N2O3S. The molecule has 2 rings (SSSR count). The van der Waals surface area contributed by atoms with Crippen LogP contribution < -0.4 is 5.43 Å². The number of aryl methyl sites for hydroxylation is 2. The highest BCUT2D eigenvalue weighted by atomic mass is 32.2. The summed E-state index contributed by atoms with van der Waals surface area (Å²) in [6.45, 7) is 5.92. The van der Waals surface area contributed by atoms with Crippen LogP contribution in [0.25, 0.3) is 0 Å². The summed E-state index contributed by atoms with van der Waals surface area (Å²) in [5, 5.41) is 4.11. The average Bonchev–Trinajstić information content (AvgIpc) is 2.78. The van der Waals surface area contributed by atoms with E-state index in [2.05, 4.69) is 10.5 Å². The molecular weight excluding hydrogens is 300 g/mol. The first kappa shape index (κ1) is 16.7. The Morgan fingerprint density at radius 1 is 1.32 bits per heavy atom. The predicted octanol–water partition coefficient (Wildman–Crippen LogP) is 1.97. The zero-order valence-corrected chi connectivity index (χ0v) is 14.0. The van der Waals surface area contributed by atoms with E-state index in [9.17, 15) is 13.2 Å². The normalized spacial score (nSPS) is 20.9. The van der Waals surface area contributed by atoms with Gasteiger partial charge in [-0.1, -0.05) is 12.1 Å². The molecule has 1 heterocycles. The predicted molar refractivity (Wildman–Crippen MR) is 87.6 cm³/mol. The molecule has 1 aromatic rings. The number of rotatable bonds is 4. The fraction of sp³-hybridized carbons (Fsp3) is 0.500. The summed E-state index contributed by atoms with van der Waals surface area (Å²) in [5.74, 6) is -0.0108. The van der Waals surface area contributed by atoms with Crippen LogP contribution in [0, 0.1) is 19.8 Å². The van der Waals surface area contributed by atoms with E-state index < -0.39 is 9.84 Å². The molecule has 0 bridgehead atoms. The van der Waals surface area contributed by atoms with Crippen molar-refractivity contribution in [3.8, 4) is 0 Å². The van der Waals surface area contributed by atoms with Crippen molar-refractivity contribution in [1.29, 1.82) is 0 Å². The average molecular weight is 322 g/mol. The van der Waals surface area contributed by atoms with Gasteiger partial charge in [-0.2, -0.15) is 5.10 Å². The van der Waals surface area contributed by atoms with Crippen molar-refractivity contribution in [1.82, 2.24) is 5.43 Å². The van der Waals surface area contributed by atoms with Crippen molar-refractivity contribution < 1.29 is 13.2 Å². The van der Waals surface area contributed by atoms with Gasteiger partial charge in [-0.3, -0.25) is 4.79 Å². The van der Waals surface area contributed by atoms with Gasteiger partial charge in [-0.15, -0.1) is 0 Å². The molecule has 1 N–H and O–H groups in total. The lowest BCUT2D eigenvalue weighted by Crippen LogP contribution is -2.22. The Morgan fingerprint density at radius 2 is 2.05 bits per heavy atom. The lowest BCUT2D eigenvalue weighted by atomic mass is 10.0. The van der Waals surface area contributed by atoms with E-state index in [-0.39, 0.29) is 29.8 Å². The number of carbonyl (C=O) groups excluding carboxylic acids is 1. The molecule has 0 saturated carbocycles. The first-order chi connectivity index (χ1) is 10.3. The second kappa shape index (κ2) is 6.60. The van der Waals surface area contributed by atoms with Crippen LogP contribution in [0.2, 0.25) is 0 Å². The SMILES string of the molecule is C/C(=N/NC(=O)C[C@H]1CCS(=O)(=O)C1)c1ccc(C)c(C)c1. The van der Waals surface area contributed by atoms with Gasteiger partial charge in [-0.05, 0) is 55.9 Å². The van der Waals surface area contributed by atoms with E-state index in [0.29, 0.717) is 6.42 Å². The van der Waals surface area contributed by atoms with Crippen LogP contribution in [0.5, 0.6) is 0 Å². The monoisotopic (exact) mass is 322 g/mol. The Kier molecular flexibility index (Phi) is 5.01. The molecule has 22 heavy (non-hydrogen) atoms. The van der Waals surface area contributed by atoms with E-state index in [1.807, 2.05) is 39.0 Å². The number of sulfone groups is 1. The van der Waals surface area contributed by atoms with Crippen molar-refractivity contribution in [2.45, 2.75) is 33.6 Å². The largest absolute Gasteiger partial charge is 0.273 e. The van der Waals surface area contributed by atoms with E-state index in [4.69, 9.17) is 0 Å². The van der Waals surface area contributed by atoms with Gasteiger partial charge in [0.2, 0.25) is 5.91 Å². The van der Waals surface area contributed by atoms with Crippen LogP contribution in [0.3, 0.4) is 0 Å². The van der Waals surface area contributed by atoms with Crippen LogP contribution in [0.15, 0.2) is 23.3 Å². The number of nitrogens with zero attached hydrogens (tertiary/aromatic N) is 1. The summed E-state index contributed by atoms with van der Waals surface area (Å²) < 4.78 is 22.7. The molecule has 0 spiro atoms. The smallest absolute Gasteiger partial charge is 0.240 e. The van der Waals surface area contributed by atoms with Gasteiger partial charge < -0.3 is 0 Å². The Morgan fingerprint density at radius 3 is 2.64 bits per heavy atom. The van der Waals surface area contributed by atoms with Gasteiger partial charge in [0.15, 0.2) is 9.84 Å². The summed E-state index contributed by atoms with van der Waals surface area (Å²) in [4.78, 5) is 11.9. The number of hydrazone groups is 1. The maximum atomic E-state index is 11.9. The highest BCUT2D eigenvalue weighted by molar-refractivity contribution is 7.91. The maximum absolute atomic E-state index is 11.9. The zero-order chi connectivity index (χ0) is 16.3. The first-order valence-electron chi connectivity index (χ1n) is 7.38. The molecule has 1 amide bonds. The van der Waals surface area contributed by atoms with E-state index in [1.54, 1.807) is 0 Å². The fourth-order valence-corrected chi connectivity index (χ4v) is 4.38. The number of hydrogen-bond acceptors (Lipinski definition) is 4. The Hall–Kier alpha value is -1.69. The van der Waals surface area contributed by atoms with Crippen molar-refractivity contribution in [3.63, 3.8) is 0 Å². The van der Waals surface area contributed by atoms with Crippen LogP contribution >= 0.6 is 0 Å². The van der Waals surface area contributed by atoms with Crippen LogP contribution in [-0.2, 0) is 14.6 Å². The van der Waals surface area contributed by atoms with E-state index in [0.717, 1.165) is 11.3 Å². The number of amides is 1. The molecule has 0 unspecified atom stereocenters. The Bertz CT molecular complexity index is 708. The van der Waals surface area contributed by atoms with Crippen molar-refractivity contribution >= 4 is 21.5 Å². The molecule has 1 atom stereocenters. The fourth-order valence-electron chi connectivity index (χ4n) is 2.52. The molecule has 1 fully saturated rings. The van der Waals surface area contributed by atoms with Gasteiger partial charge in [0.25, 0.3) is 0 Å². The summed E-state index contributed by atoms with van der Waals surface area (Å²) in [6, 6.07) is 6.02. The van der Waals surface area contributed by atoms with Crippen LogP contribution in [-0.4, -0.2) is 31.5 Å². The molecule has 6 heteroatoms. The van der Waals surface area contributed by atoms with Crippen molar-refractivity contribution in [2.75, 3.05) is 11.5 Å². The lowest BCUT2D eigenvalue weighted by molar-refractivity contribution is -0.121. The molecule has 0 aromatic heterocycles. The molecule has 120 valence electrons. The minimum atomic E-state index is -2.94. The number of carbonyl (C=O) groups is 1. The highest BCUT2D eigenvalue weighted by Crippen LogP contribution is 2.21. The summed E-state index contributed by atoms with van der Waals surface area (Å²) in [5.41, 5.74) is 6.61. The minimum Gasteiger partial charge on any atom is -0.273 e. The molecule has 0 radical (unpaired) electrons. The summed E-state index contributed by atoms with van der Waals surface area (Å²) >= 11 is 0. The van der Waals surface area contributed by atoms with Gasteiger partial charge in [-0.25, -0.2) is 13.8 Å². The quantitative estimate of drug-likeness (QED) is 0.680. The van der Waals surface area contributed by atoms with E-state index >= 15 is 0 Å². The summed E-state index contributed by atoms with van der Waals surface area (Å²) in [6.07, 6.45) is 0.776. The number of benzene rings is 1. The number of hydrogen-bond donors (Lipinski definition) is 1. The third kappa shape index (κ3) is 4.40. The third-order valence-corrected chi connectivity index (χ3v) is 5.91. The van der Waals surface area contributed by atoms with Crippen molar-refractivity contribution in [2.24, 2.45) is 11.0 Å². The standard InChI is InChI=1S/C16H22N2O3S/c1-11-4-5-15(8-12(11)2)13(3)17-18-16(19)9-14-6-7-22(20,21)10-14/h4-5,8,14H,6-7,9-10H2,1-3H3,(H,18,19)/b17-13-/t14-/m1/s1. The van der Waals surface area contributed by atoms with Gasteiger partial charge in [0.05, 0.1) is 17.2 Å². The zero-order valence-electron chi connectivity index (χ0n) is 13.2. The maximum Gasteiger partial charge on any atom is 0.240 e. The van der Waals surface area contributed by atoms with Crippen molar-refractivity contribution in [3.05, 3.63) is 34.9 Å². The molecule has 1 aliphatic rings. The lowest BCUT2D eigenvalue weighted by Gasteiger charge is -2.07. The van der Waals surface area contributed by atoms with Crippen LogP contribution in [0.1, 0.15) is 36.5 Å². The van der Waals surface area contributed by atoms with Gasteiger partial charge >= 0.3 is 0 Å². The molecule has 1 saturated heterocycles. The second-order valence-electron chi connectivity index (χ2n) is 6.00. The Labute approximate surface area is 131 Å². The molecule has 1 aromatic carbocycles. The van der Waals surface area contributed by atoms with Gasteiger partial charge in [0, 0.05) is 6.42 Å². The minimum absolute atomic E-state index is 0.0814. The first-order valence-corrected chi connectivity index (χ1v) is 9.20. The van der Waals surface area contributed by atoms with E-state index in [1.165, 1.54) is 11.1 Å². The number of nitrogens with one attached hydrogen (secondary N) is 1. The van der Waals surface area contributed by atoms with Gasteiger partial charge in [0.1, 0.15) is 0 Å².